The molecule has 0 aliphatic carbocycles. The molecular formula is C11H13FN2S. The second-order valence-electron chi connectivity index (χ2n) is 3.81. The highest BCUT2D eigenvalue weighted by atomic mass is 32.1. The van der Waals surface area contributed by atoms with Crippen molar-refractivity contribution in [2.75, 3.05) is 0 Å². The molecule has 80 valence electrons. The van der Waals surface area contributed by atoms with E-state index in [1.165, 1.54) is 12.1 Å². The zero-order chi connectivity index (χ0) is 11.0. The summed E-state index contributed by atoms with van der Waals surface area (Å²) in [7, 11) is 0. The van der Waals surface area contributed by atoms with E-state index < -0.39 is 0 Å². The van der Waals surface area contributed by atoms with Crippen LogP contribution in [0.15, 0.2) is 18.2 Å². The molecule has 2 atom stereocenters. The molecule has 2 aromatic rings. The fourth-order valence-corrected chi connectivity index (χ4v) is 2.45. The fourth-order valence-electron chi connectivity index (χ4n) is 1.34. The van der Waals surface area contributed by atoms with Crippen LogP contribution in [0.5, 0.6) is 0 Å². The maximum absolute atomic E-state index is 12.9. The van der Waals surface area contributed by atoms with Gasteiger partial charge in [0.1, 0.15) is 5.82 Å². The molecule has 15 heavy (non-hydrogen) atoms. The molecule has 4 heteroatoms. The van der Waals surface area contributed by atoms with Gasteiger partial charge >= 0.3 is 0 Å². The van der Waals surface area contributed by atoms with Gasteiger partial charge in [0, 0.05) is 18.0 Å². The van der Waals surface area contributed by atoms with Crippen molar-refractivity contribution >= 4 is 21.6 Å². The lowest BCUT2D eigenvalue weighted by Gasteiger charge is -2.11. The summed E-state index contributed by atoms with van der Waals surface area (Å²) < 4.78 is 14.0. The summed E-state index contributed by atoms with van der Waals surface area (Å²) in [6.45, 7) is 4.00. The van der Waals surface area contributed by atoms with Crippen LogP contribution in [0, 0.1) is 5.82 Å². The number of thiazole rings is 1. The van der Waals surface area contributed by atoms with Crippen LogP contribution in [0.4, 0.5) is 4.39 Å². The molecule has 0 aliphatic rings. The first kappa shape index (κ1) is 10.5. The Bertz CT molecular complexity index is 478. The second-order valence-corrected chi connectivity index (χ2v) is 4.87. The third-order valence-electron chi connectivity index (χ3n) is 2.54. The SMILES string of the molecule is CC(N)C(C)c1nc2cc(F)ccc2s1. The average molecular weight is 224 g/mol. The number of hydrogen-bond acceptors (Lipinski definition) is 3. The molecule has 2 unspecified atom stereocenters. The Labute approximate surface area is 91.9 Å². The quantitative estimate of drug-likeness (QED) is 0.851. The maximum Gasteiger partial charge on any atom is 0.125 e. The van der Waals surface area contributed by atoms with Gasteiger partial charge in [-0.05, 0) is 19.1 Å². The van der Waals surface area contributed by atoms with Crippen LogP contribution in [0.3, 0.4) is 0 Å². The van der Waals surface area contributed by atoms with Gasteiger partial charge in [0.05, 0.1) is 15.2 Å². The summed E-state index contributed by atoms with van der Waals surface area (Å²) in [5.41, 5.74) is 6.54. The maximum atomic E-state index is 12.9. The predicted octanol–water partition coefficient (Wildman–Crippen LogP) is 2.89. The molecule has 2 nitrogen and oxygen atoms in total. The largest absolute Gasteiger partial charge is 0.327 e. The van der Waals surface area contributed by atoms with Crippen molar-refractivity contribution in [2.24, 2.45) is 5.73 Å². The van der Waals surface area contributed by atoms with Crippen molar-refractivity contribution in [2.45, 2.75) is 25.8 Å². The Morgan fingerprint density at radius 2 is 2.13 bits per heavy atom. The number of nitrogens with zero attached hydrogens (tertiary/aromatic N) is 1. The number of halogens is 1. The van der Waals surface area contributed by atoms with Crippen molar-refractivity contribution < 1.29 is 4.39 Å². The zero-order valence-corrected chi connectivity index (χ0v) is 9.51. The van der Waals surface area contributed by atoms with Crippen molar-refractivity contribution in [1.29, 1.82) is 0 Å². The van der Waals surface area contributed by atoms with E-state index in [4.69, 9.17) is 5.73 Å². The van der Waals surface area contributed by atoms with Gasteiger partial charge in [0.25, 0.3) is 0 Å². The van der Waals surface area contributed by atoms with Crippen LogP contribution in [0.25, 0.3) is 10.2 Å². The number of aromatic nitrogens is 1. The summed E-state index contributed by atoms with van der Waals surface area (Å²) in [5.74, 6) is -0.0294. The Hall–Kier alpha value is -1.00. The molecule has 1 aromatic carbocycles. The summed E-state index contributed by atoms with van der Waals surface area (Å²) >= 11 is 1.58. The van der Waals surface area contributed by atoms with Crippen molar-refractivity contribution in [3.05, 3.63) is 29.0 Å². The normalized spacial score (nSPS) is 15.5. The van der Waals surface area contributed by atoms with Gasteiger partial charge in [-0.15, -0.1) is 11.3 Å². The lowest BCUT2D eigenvalue weighted by Crippen LogP contribution is -2.22. The summed E-state index contributed by atoms with van der Waals surface area (Å²) in [6.07, 6.45) is 0. The Morgan fingerprint density at radius 3 is 2.80 bits per heavy atom. The van der Waals surface area contributed by atoms with E-state index >= 15 is 0 Å². The minimum Gasteiger partial charge on any atom is -0.327 e. The molecule has 0 spiro atoms. The van der Waals surface area contributed by atoms with Crippen LogP contribution in [0.2, 0.25) is 0 Å². The average Bonchev–Trinajstić information content (AvgIpc) is 2.58. The minimum absolute atomic E-state index is 0.0652. The number of benzene rings is 1. The van der Waals surface area contributed by atoms with Gasteiger partial charge in [-0.25, -0.2) is 9.37 Å². The first-order valence-corrected chi connectivity index (χ1v) is 5.71. The first-order chi connectivity index (χ1) is 7.08. The number of hydrogen-bond donors (Lipinski definition) is 1. The molecule has 1 aromatic heterocycles. The second kappa shape index (κ2) is 3.87. The standard InChI is InChI=1S/C11H13FN2S/c1-6(7(2)13)11-14-9-5-8(12)3-4-10(9)15-11/h3-7H,13H2,1-2H3. The molecule has 0 radical (unpaired) electrons. The molecule has 0 bridgehead atoms. The molecule has 2 N–H and O–H groups in total. The fraction of sp³-hybridized carbons (Fsp3) is 0.364. The molecule has 0 saturated heterocycles. The minimum atomic E-state index is -0.243. The van der Waals surface area contributed by atoms with Gasteiger partial charge in [-0.1, -0.05) is 6.92 Å². The summed E-state index contributed by atoms with van der Waals surface area (Å²) in [5, 5.41) is 0.977. The zero-order valence-electron chi connectivity index (χ0n) is 8.70. The number of nitrogens with two attached hydrogens (primary N) is 1. The van der Waals surface area contributed by atoms with Crippen LogP contribution >= 0.6 is 11.3 Å². The number of fused-ring (bicyclic) bond motifs is 1. The van der Waals surface area contributed by atoms with Crippen LogP contribution in [0.1, 0.15) is 24.8 Å². The van der Waals surface area contributed by atoms with E-state index in [1.807, 2.05) is 13.8 Å². The van der Waals surface area contributed by atoms with Gasteiger partial charge < -0.3 is 5.73 Å². The predicted molar refractivity (Wildman–Crippen MR) is 61.6 cm³/mol. The van der Waals surface area contributed by atoms with Crippen molar-refractivity contribution in [3.63, 3.8) is 0 Å². The monoisotopic (exact) mass is 224 g/mol. The van der Waals surface area contributed by atoms with Gasteiger partial charge in [-0.2, -0.15) is 0 Å². The van der Waals surface area contributed by atoms with Gasteiger partial charge in [0.15, 0.2) is 0 Å². The van der Waals surface area contributed by atoms with E-state index in [9.17, 15) is 4.39 Å². The molecular weight excluding hydrogens is 211 g/mol. The lowest BCUT2D eigenvalue weighted by molar-refractivity contribution is 0.610. The van der Waals surface area contributed by atoms with Crippen LogP contribution in [-0.4, -0.2) is 11.0 Å². The topological polar surface area (TPSA) is 38.9 Å². The van der Waals surface area contributed by atoms with E-state index in [-0.39, 0.29) is 17.8 Å². The molecule has 0 saturated carbocycles. The molecule has 0 fully saturated rings. The molecule has 0 aliphatic heterocycles. The molecule has 0 amide bonds. The van der Waals surface area contributed by atoms with Gasteiger partial charge in [-0.3, -0.25) is 0 Å². The molecule has 2 rings (SSSR count). The van der Waals surface area contributed by atoms with Crippen molar-refractivity contribution in [3.8, 4) is 0 Å². The summed E-state index contributed by atoms with van der Waals surface area (Å²) in [4.78, 5) is 4.39. The van der Waals surface area contributed by atoms with Crippen LogP contribution in [-0.2, 0) is 0 Å². The molecule has 1 heterocycles. The highest BCUT2D eigenvalue weighted by Crippen LogP contribution is 2.28. The van der Waals surface area contributed by atoms with E-state index in [0.29, 0.717) is 0 Å². The smallest absolute Gasteiger partial charge is 0.125 e. The Morgan fingerprint density at radius 1 is 1.40 bits per heavy atom. The lowest BCUT2D eigenvalue weighted by atomic mass is 10.1. The van der Waals surface area contributed by atoms with Gasteiger partial charge in [0.2, 0.25) is 0 Å². The third-order valence-corrected chi connectivity index (χ3v) is 3.78. The number of rotatable bonds is 2. The Kier molecular flexibility index (Phi) is 2.71. The first-order valence-electron chi connectivity index (χ1n) is 4.89. The third kappa shape index (κ3) is 2.01. The van der Waals surface area contributed by atoms with E-state index in [2.05, 4.69) is 4.98 Å². The Balaban J connectivity index is 2.47. The van der Waals surface area contributed by atoms with Crippen molar-refractivity contribution in [1.82, 2.24) is 4.98 Å². The van der Waals surface area contributed by atoms with Crippen LogP contribution < -0.4 is 5.73 Å². The highest BCUT2D eigenvalue weighted by Gasteiger charge is 2.15. The van der Waals surface area contributed by atoms with E-state index in [0.717, 1.165) is 15.2 Å². The van der Waals surface area contributed by atoms with E-state index in [1.54, 1.807) is 17.4 Å². The highest BCUT2D eigenvalue weighted by molar-refractivity contribution is 7.18. The summed E-state index contributed by atoms with van der Waals surface area (Å²) in [6, 6.07) is 4.75.